The van der Waals surface area contributed by atoms with Crippen LogP contribution in [0.4, 0.5) is 4.79 Å². The second kappa shape index (κ2) is 8.34. The number of nitrogens with zero attached hydrogens (tertiary/aromatic N) is 3. The number of fused-ring (bicyclic) bond motifs is 1. The number of carbonyl (C=O) groups is 1. The highest BCUT2D eigenvalue weighted by molar-refractivity contribution is 7.98. The van der Waals surface area contributed by atoms with Gasteiger partial charge in [-0.1, -0.05) is 5.16 Å². The molecule has 0 atom stereocenters. The van der Waals surface area contributed by atoms with Crippen molar-refractivity contribution < 1.29 is 18.5 Å². The topological polar surface area (TPSA) is 81.6 Å². The summed E-state index contributed by atoms with van der Waals surface area (Å²) >= 11 is 1.69. The number of likely N-dealkylation sites (tertiary alicyclic amines) is 1. The molecule has 1 aromatic carbocycles. The molecular formula is C22H27N3O4S. The van der Waals surface area contributed by atoms with Crippen LogP contribution in [-0.2, 0) is 11.2 Å². The van der Waals surface area contributed by atoms with E-state index in [1.165, 1.54) is 4.90 Å². The molecule has 0 bridgehead atoms. The number of carbonyl (C=O) groups excluding carboxylic acids is 1. The summed E-state index contributed by atoms with van der Waals surface area (Å²) in [4.78, 5) is 19.7. The Kier molecular flexibility index (Phi) is 5.77. The third-order valence-corrected chi connectivity index (χ3v) is 5.87. The molecule has 1 fully saturated rings. The van der Waals surface area contributed by atoms with Crippen molar-refractivity contribution in [1.29, 1.82) is 0 Å². The highest BCUT2D eigenvalue weighted by Gasteiger charge is 2.28. The van der Waals surface area contributed by atoms with Gasteiger partial charge >= 0.3 is 6.09 Å². The fraction of sp³-hybridized carbons (Fsp3) is 0.500. The quantitative estimate of drug-likeness (QED) is 0.514. The minimum absolute atomic E-state index is 0.239. The number of benzene rings is 1. The average molecular weight is 430 g/mol. The standard InChI is InChI=1S/C22H27N3O4S/c1-22(2,3)28-21(26)25-9-7-14(8-10-25)11-19-23-20(29-24-19)18-13-15-12-16(30-4)5-6-17(15)27-18/h5-6,12-14H,7-11H2,1-4H3. The van der Waals surface area contributed by atoms with Crippen LogP contribution in [0.2, 0.25) is 0 Å². The number of furan rings is 1. The van der Waals surface area contributed by atoms with Crippen LogP contribution in [-0.4, -0.2) is 46.1 Å². The first-order chi connectivity index (χ1) is 14.3. The Balaban J connectivity index is 1.36. The lowest BCUT2D eigenvalue weighted by molar-refractivity contribution is 0.0183. The molecule has 0 unspecified atom stereocenters. The largest absolute Gasteiger partial charge is 0.451 e. The van der Waals surface area contributed by atoms with Crippen LogP contribution in [0.5, 0.6) is 0 Å². The summed E-state index contributed by atoms with van der Waals surface area (Å²) in [5.74, 6) is 2.07. The molecule has 1 aliphatic heterocycles. The minimum atomic E-state index is -0.470. The maximum atomic E-state index is 12.2. The number of hydrogen-bond acceptors (Lipinski definition) is 7. The Hall–Kier alpha value is -2.48. The van der Waals surface area contributed by atoms with Gasteiger partial charge in [0.05, 0.1) is 0 Å². The van der Waals surface area contributed by atoms with Gasteiger partial charge in [0, 0.05) is 29.8 Å². The van der Waals surface area contributed by atoms with Gasteiger partial charge in [-0.2, -0.15) is 4.98 Å². The van der Waals surface area contributed by atoms with E-state index in [-0.39, 0.29) is 6.09 Å². The van der Waals surface area contributed by atoms with Crippen LogP contribution >= 0.6 is 11.8 Å². The molecule has 0 saturated carbocycles. The van der Waals surface area contributed by atoms with Crippen molar-refractivity contribution >= 4 is 28.8 Å². The SMILES string of the molecule is CSc1ccc2oc(-c3nc(CC4CCN(C(=O)OC(C)(C)C)CC4)no3)cc2c1. The van der Waals surface area contributed by atoms with Gasteiger partial charge in [-0.05, 0) is 70.1 Å². The first-order valence-corrected chi connectivity index (χ1v) is 11.4. The summed E-state index contributed by atoms with van der Waals surface area (Å²) in [7, 11) is 0. The Morgan fingerprint density at radius 1 is 1.27 bits per heavy atom. The van der Waals surface area contributed by atoms with Crippen LogP contribution in [0.15, 0.2) is 38.1 Å². The van der Waals surface area contributed by atoms with Gasteiger partial charge in [0.2, 0.25) is 0 Å². The smallest absolute Gasteiger partial charge is 0.410 e. The molecule has 7 nitrogen and oxygen atoms in total. The molecule has 3 heterocycles. The zero-order chi connectivity index (χ0) is 21.3. The van der Waals surface area contributed by atoms with E-state index < -0.39 is 5.60 Å². The molecule has 1 amide bonds. The number of aromatic nitrogens is 2. The van der Waals surface area contributed by atoms with E-state index in [9.17, 15) is 4.79 Å². The lowest BCUT2D eigenvalue weighted by atomic mass is 9.93. The lowest BCUT2D eigenvalue weighted by Crippen LogP contribution is -2.42. The van der Waals surface area contributed by atoms with Crippen molar-refractivity contribution in [2.45, 2.75) is 50.5 Å². The van der Waals surface area contributed by atoms with Crippen molar-refractivity contribution in [3.8, 4) is 11.7 Å². The highest BCUT2D eigenvalue weighted by Crippen LogP contribution is 2.30. The maximum absolute atomic E-state index is 12.2. The normalized spacial score (nSPS) is 15.7. The van der Waals surface area contributed by atoms with E-state index >= 15 is 0 Å². The molecule has 2 aromatic heterocycles. The summed E-state index contributed by atoms with van der Waals surface area (Å²) in [6.45, 7) is 7.02. The van der Waals surface area contributed by atoms with Crippen LogP contribution in [0.3, 0.4) is 0 Å². The van der Waals surface area contributed by atoms with E-state index in [1.807, 2.05) is 45.2 Å². The molecule has 0 aliphatic carbocycles. The molecular weight excluding hydrogens is 402 g/mol. The molecule has 160 valence electrons. The molecule has 4 rings (SSSR count). The van der Waals surface area contributed by atoms with Crippen molar-refractivity contribution in [3.05, 3.63) is 30.1 Å². The van der Waals surface area contributed by atoms with Gasteiger partial charge in [0.1, 0.15) is 11.2 Å². The monoisotopic (exact) mass is 429 g/mol. The summed E-state index contributed by atoms with van der Waals surface area (Å²) in [6, 6.07) is 8.01. The number of amides is 1. The van der Waals surface area contributed by atoms with Gasteiger partial charge in [-0.3, -0.25) is 0 Å². The number of piperidine rings is 1. The third-order valence-electron chi connectivity index (χ3n) is 5.14. The highest BCUT2D eigenvalue weighted by atomic mass is 32.2. The maximum Gasteiger partial charge on any atom is 0.410 e. The molecule has 30 heavy (non-hydrogen) atoms. The number of hydrogen-bond donors (Lipinski definition) is 0. The van der Waals surface area contributed by atoms with E-state index in [0.29, 0.717) is 36.5 Å². The van der Waals surface area contributed by atoms with Crippen LogP contribution in [0, 0.1) is 5.92 Å². The number of thioether (sulfide) groups is 1. The molecule has 1 saturated heterocycles. The second-order valence-corrected chi connectivity index (χ2v) is 9.52. The molecule has 0 radical (unpaired) electrons. The molecule has 3 aromatic rings. The van der Waals surface area contributed by atoms with E-state index in [1.54, 1.807) is 16.7 Å². The van der Waals surface area contributed by atoms with Gasteiger partial charge < -0.3 is 18.6 Å². The third kappa shape index (κ3) is 4.80. The van der Waals surface area contributed by atoms with Gasteiger partial charge in [-0.15, -0.1) is 11.8 Å². The Bertz CT molecular complexity index is 1030. The van der Waals surface area contributed by atoms with Crippen molar-refractivity contribution in [2.75, 3.05) is 19.3 Å². The fourth-order valence-corrected chi connectivity index (χ4v) is 4.04. The summed E-state index contributed by atoms with van der Waals surface area (Å²) in [5, 5.41) is 5.16. The number of ether oxygens (including phenoxy) is 1. The molecule has 0 spiro atoms. The Morgan fingerprint density at radius 2 is 2.03 bits per heavy atom. The lowest BCUT2D eigenvalue weighted by Gasteiger charge is -2.33. The van der Waals surface area contributed by atoms with E-state index in [2.05, 4.69) is 16.2 Å². The van der Waals surface area contributed by atoms with Gasteiger partial charge in [0.25, 0.3) is 5.89 Å². The average Bonchev–Trinajstić information content (AvgIpc) is 3.33. The van der Waals surface area contributed by atoms with E-state index in [4.69, 9.17) is 13.7 Å². The van der Waals surface area contributed by atoms with E-state index in [0.717, 1.165) is 30.2 Å². The first kappa shape index (κ1) is 20.8. The predicted octanol–water partition coefficient (Wildman–Crippen LogP) is 5.39. The van der Waals surface area contributed by atoms with Crippen LogP contribution < -0.4 is 0 Å². The van der Waals surface area contributed by atoms with Crippen molar-refractivity contribution in [1.82, 2.24) is 15.0 Å². The molecule has 0 N–H and O–H groups in total. The van der Waals surface area contributed by atoms with Crippen LogP contribution in [0.1, 0.15) is 39.4 Å². The molecule has 1 aliphatic rings. The van der Waals surface area contributed by atoms with Gasteiger partial charge in [0.15, 0.2) is 11.6 Å². The zero-order valence-corrected chi connectivity index (χ0v) is 18.6. The van der Waals surface area contributed by atoms with Gasteiger partial charge in [-0.25, -0.2) is 4.79 Å². The summed E-state index contributed by atoms with van der Waals surface area (Å²) in [5.41, 5.74) is 0.333. The molecule has 8 heteroatoms. The first-order valence-electron chi connectivity index (χ1n) is 10.2. The van der Waals surface area contributed by atoms with Crippen molar-refractivity contribution in [2.24, 2.45) is 5.92 Å². The minimum Gasteiger partial charge on any atom is -0.451 e. The van der Waals surface area contributed by atoms with Crippen LogP contribution in [0.25, 0.3) is 22.6 Å². The zero-order valence-electron chi connectivity index (χ0n) is 17.8. The summed E-state index contributed by atoms with van der Waals surface area (Å²) in [6.07, 6.45) is 4.32. The van der Waals surface area contributed by atoms with Crippen molar-refractivity contribution in [3.63, 3.8) is 0 Å². The number of rotatable bonds is 4. The Morgan fingerprint density at radius 3 is 2.73 bits per heavy atom. The predicted molar refractivity (Wildman–Crippen MR) is 116 cm³/mol. The Labute approximate surface area is 180 Å². The second-order valence-electron chi connectivity index (χ2n) is 8.65. The summed E-state index contributed by atoms with van der Waals surface area (Å²) < 4.78 is 16.8. The fourth-order valence-electron chi connectivity index (χ4n) is 3.60.